The largest absolute Gasteiger partial charge is 0.333 e. The summed E-state index contributed by atoms with van der Waals surface area (Å²) in [6, 6.07) is 29.2. The van der Waals surface area contributed by atoms with E-state index in [2.05, 4.69) is 16.3 Å². The van der Waals surface area contributed by atoms with Crippen molar-refractivity contribution >= 4 is 52.0 Å². The molecule has 0 amide bonds. The van der Waals surface area contributed by atoms with Crippen molar-refractivity contribution in [3.05, 3.63) is 140 Å². The van der Waals surface area contributed by atoms with Gasteiger partial charge in [0.15, 0.2) is 11.6 Å². The van der Waals surface area contributed by atoms with Crippen molar-refractivity contribution < 1.29 is 4.79 Å². The Morgan fingerprint density at radius 1 is 0.846 bits per heavy atom. The van der Waals surface area contributed by atoms with Crippen LogP contribution >= 0.6 is 34.8 Å². The maximum Gasteiger partial charge on any atom is 0.193 e. The Balaban J connectivity index is 1.49. The summed E-state index contributed by atoms with van der Waals surface area (Å²) < 4.78 is 1.92. The molecule has 1 heterocycles. The molecule has 0 fully saturated rings. The third kappa shape index (κ3) is 5.97. The fraction of sp³-hybridized carbons (Fsp3) is 0.0667. The molecule has 6 nitrogen and oxygen atoms in total. The monoisotopic (exact) mass is 571 g/mol. The van der Waals surface area contributed by atoms with Gasteiger partial charge in [-0.15, -0.1) is 10.2 Å². The van der Waals surface area contributed by atoms with Crippen molar-refractivity contribution in [2.75, 3.05) is 4.90 Å². The van der Waals surface area contributed by atoms with Crippen LogP contribution in [0.15, 0.2) is 97.3 Å². The zero-order valence-corrected chi connectivity index (χ0v) is 22.7. The molecule has 0 aliphatic carbocycles. The Bertz CT molecular complexity index is 1660. The van der Waals surface area contributed by atoms with E-state index in [0.29, 0.717) is 56.4 Å². The highest BCUT2D eigenvalue weighted by Crippen LogP contribution is 2.38. The summed E-state index contributed by atoms with van der Waals surface area (Å²) in [6.45, 7) is 0.821. The summed E-state index contributed by atoms with van der Waals surface area (Å²) in [5.74, 6) is 0.606. The summed E-state index contributed by atoms with van der Waals surface area (Å²) in [6.07, 6.45) is 1.66. The number of aromatic nitrogens is 3. The standard InChI is InChI=1S/C30H20Cl3N5O/c31-25-14-27(33)28(15-26(25)32)38(24-12-10-23(11-13-24)30(39)22-4-2-1-3-5-22)18-29-36-35-19-37(29)17-21-8-6-20(16-34)7-9-21/h1-15,19H,17-18H2. The molecule has 0 saturated carbocycles. The Hall–Kier alpha value is -4.15. The number of hydrogen-bond acceptors (Lipinski definition) is 5. The number of halogens is 3. The average molecular weight is 573 g/mol. The number of hydrogen-bond donors (Lipinski definition) is 0. The van der Waals surface area contributed by atoms with E-state index in [4.69, 9.17) is 40.1 Å². The third-order valence-corrected chi connectivity index (χ3v) is 7.21. The van der Waals surface area contributed by atoms with Gasteiger partial charge in [-0.25, -0.2) is 0 Å². The molecule has 9 heteroatoms. The minimum absolute atomic E-state index is 0.0663. The number of anilines is 2. The van der Waals surface area contributed by atoms with Gasteiger partial charge in [-0.05, 0) is 54.1 Å². The predicted octanol–water partition coefficient (Wildman–Crippen LogP) is 7.73. The van der Waals surface area contributed by atoms with Crippen LogP contribution in [-0.2, 0) is 13.1 Å². The van der Waals surface area contributed by atoms with E-state index < -0.39 is 0 Å². The molecule has 5 rings (SSSR count). The van der Waals surface area contributed by atoms with Crippen LogP contribution in [0.5, 0.6) is 0 Å². The summed E-state index contributed by atoms with van der Waals surface area (Å²) in [7, 11) is 0. The second-order valence-corrected chi connectivity index (χ2v) is 9.95. The normalized spacial score (nSPS) is 10.7. The molecule has 0 radical (unpaired) electrons. The quantitative estimate of drug-likeness (QED) is 0.140. The second kappa shape index (κ2) is 11.7. The van der Waals surface area contributed by atoms with E-state index in [1.54, 1.807) is 54.9 Å². The number of carbonyl (C=O) groups excluding carboxylic acids is 1. The molecule has 0 atom stereocenters. The molecule has 4 aromatic carbocycles. The minimum atomic E-state index is -0.0663. The molecule has 0 N–H and O–H groups in total. The van der Waals surface area contributed by atoms with E-state index in [1.807, 2.05) is 51.9 Å². The molecule has 39 heavy (non-hydrogen) atoms. The number of ketones is 1. The van der Waals surface area contributed by atoms with Crippen molar-refractivity contribution in [2.24, 2.45) is 0 Å². The molecule has 0 saturated heterocycles. The number of carbonyl (C=O) groups is 1. The Labute approximate surface area is 240 Å². The van der Waals surface area contributed by atoms with E-state index >= 15 is 0 Å². The molecule has 0 aliphatic heterocycles. The number of nitrogens with zero attached hydrogens (tertiary/aromatic N) is 5. The van der Waals surface area contributed by atoms with Crippen molar-refractivity contribution in [1.29, 1.82) is 5.26 Å². The van der Waals surface area contributed by atoms with Crippen molar-refractivity contribution in [1.82, 2.24) is 14.8 Å². The third-order valence-electron chi connectivity index (χ3n) is 6.19. The van der Waals surface area contributed by atoms with E-state index in [9.17, 15) is 4.79 Å². The van der Waals surface area contributed by atoms with E-state index in [0.717, 1.165) is 11.3 Å². The van der Waals surface area contributed by atoms with Gasteiger partial charge in [0.1, 0.15) is 6.33 Å². The van der Waals surface area contributed by atoms with Crippen molar-refractivity contribution in [2.45, 2.75) is 13.1 Å². The number of benzene rings is 4. The highest BCUT2D eigenvalue weighted by molar-refractivity contribution is 6.44. The SMILES string of the molecule is N#Cc1ccc(Cn2cnnc2CN(c2ccc(C(=O)c3ccccc3)cc2)c2cc(Cl)c(Cl)cc2Cl)cc1. The lowest BCUT2D eigenvalue weighted by Gasteiger charge is -2.26. The second-order valence-electron chi connectivity index (χ2n) is 8.73. The zero-order valence-electron chi connectivity index (χ0n) is 20.4. The molecule has 0 bridgehead atoms. The van der Waals surface area contributed by atoms with Gasteiger partial charge in [0.25, 0.3) is 0 Å². The topological polar surface area (TPSA) is 74.8 Å². The highest BCUT2D eigenvalue weighted by atomic mass is 35.5. The summed E-state index contributed by atoms with van der Waals surface area (Å²) in [4.78, 5) is 14.9. The predicted molar refractivity (Wildman–Crippen MR) is 154 cm³/mol. The Morgan fingerprint density at radius 3 is 2.21 bits per heavy atom. The first-order valence-corrected chi connectivity index (χ1v) is 13.0. The molecule has 0 unspecified atom stereocenters. The molecule has 1 aromatic heterocycles. The van der Waals surface area contributed by atoms with Gasteiger partial charge in [0.2, 0.25) is 0 Å². The van der Waals surface area contributed by atoms with Crippen LogP contribution in [0.25, 0.3) is 0 Å². The van der Waals surface area contributed by atoms with Crippen molar-refractivity contribution in [3.8, 4) is 6.07 Å². The van der Waals surface area contributed by atoms with Crippen LogP contribution in [0.1, 0.15) is 32.9 Å². The first kappa shape index (κ1) is 26.5. The smallest absolute Gasteiger partial charge is 0.193 e. The van der Waals surface area contributed by atoms with Gasteiger partial charge >= 0.3 is 0 Å². The van der Waals surface area contributed by atoms with Crippen LogP contribution in [0.3, 0.4) is 0 Å². The number of nitriles is 1. The van der Waals surface area contributed by atoms with Crippen LogP contribution in [0.2, 0.25) is 15.1 Å². The van der Waals surface area contributed by atoms with Crippen LogP contribution < -0.4 is 4.90 Å². The zero-order chi connectivity index (χ0) is 27.4. The average Bonchev–Trinajstić information content (AvgIpc) is 3.41. The fourth-order valence-corrected chi connectivity index (χ4v) is 4.78. The van der Waals surface area contributed by atoms with Gasteiger partial charge < -0.3 is 9.47 Å². The summed E-state index contributed by atoms with van der Waals surface area (Å²) >= 11 is 19.2. The highest BCUT2D eigenvalue weighted by Gasteiger charge is 2.20. The first-order chi connectivity index (χ1) is 18.9. The van der Waals surface area contributed by atoms with Gasteiger partial charge in [-0.1, -0.05) is 77.3 Å². The van der Waals surface area contributed by atoms with Crippen LogP contribution in [0.4, 0.5) is 11.4 Å². The maximum absolute atomic E-state index is 12.9. The first-order valence-electron chi connectivity index (χ1n) is 11.9. The molecular weight excluding hydrogens is 553 g/mol. The molecule has 0 aliphatic rings. The Morgan fingerprint density at radius 2 is 1.51 bits per heavy atom. The van der Waals surface area contributed by atoms with Crippen LogP contribution in [0, 0.1) is 11.3 Å². The van der Waals surface area contributed by atoms with Crippen LogP contribution in [-0.4, -0.2) is 20.5 Å². The maximum atomic E-state index is 12.9. The van der Waals surface area contributed by atoms with E-state index in [-0.39, 0.29) is 5.78 Å². The fourth-order valence-electron chi connectivity index (χ4n) is 4.14. The molecule has 5 aromatic rings. The summed E-state index contributed by atoms with van der Waals surface area (Å²) in [5.41, 5.74) is 4.17. The lowest BCUT2D eigenvalue weighted by atomic mass is 10.0. The number of rotatable bonds is 8. The van der Waals surface area contributed by atoms with Gasteiger partial charge in [-0.3, -0.25) is 4.79 Å². The molecule has 0 spiro atoms. The van der Waals surface area contributed by atoms with Gasteiger partial charge in [0.05, 0.1) is 45.5 Å². The molecule has 192 valence electrons. The molecular formula is C30H20Cl3N5O. The lowest BCUT2D eigenvalue weighted by molar-refractivity contribution is 0.103. The Kier molecular flexibility index (Phi) is 7.94. The van der Waals surface area contributed by atoms with Gasteiger partial charge in [-0.2, -0.15) is 5.26 Å². The lowest BCUT2D eigenvalue weighted by Crippen LogP contribution is -2.20. The van der Waals surface area contributed by atoms with Crippen molar-refractivity contribution in [3.63, 3.8) is 0 Å². The minimum Gasteiger partial charge on any atom is -0.333 e. The van der Waals surface area contributed by atoms with Gasteiger partial charge in [0, 0.05) is 16.8 Å². The summed E-state index contributed by atoms with van der Waals surface area (Å²) in [5, 5.41) is 18.7. The van der Waals surface area contributed by atoms with E-state index in [1.165, 1.54) is 0 Å².